The molecule has 1 amide bonds. The highest BCUT2D eigenvalue weighted by atomic mass is 16.2. The van der Waals surface area contributed by atoms with Crippen LogP contribution in [0.25, 0.3) is 22.2 Å². The lowest BCUT2D eigenvalue weighted by Crippen LogP contribution is -2.31. The first-order valence-electron chi connectivity index (χ1n) is 15.1. The summed E-state index contributed by atoms with van der Waals surface area (Å²) in [4.78, 5) is 39.1. The topological polar surface area (TPSA) is 138 Å². The van der Waals surface area contributed by atoms with Gasteiger partial charge in [-0.25, -0.2) is 9.98 Å². The van der Waals surface area contributed by atoms with Crippen LogP contribution >= 0.6 is 0 Å². The first-order valence-corrected chi connectivity index (χ1v) is 15.1. The van der Waals surface area contributed by atoms with E-state index in [2.05, 4.69) is 66.9 Å². The van der Waals surface area contributed by atoms with E-state index in [4.69, 9.17) is 5.73 Å². The SMILES string of the molecule is Cc1nc2ccc(-c3ccc(C[C@H](CC(=O)C4CCC(CN)CC4)C(=O)Nc4ccc(C5=NCN=N5)cc4)cc3)cc2[nH]1. The fourth-order valence-electron chi connectivity index (χ4n) is 6.15. The van der Waals surface area contributed by atoms with Crippen LogP contribution in [0.1, 0.15) is 49.1 Å². The van der Waals surface area contributed by atoms with Crippen molar-refractivity contribution < 1.29 is 9.59 Å². The summed E-state index contributed by atoms with van der Waals surface area (Å²) < 4.78 is 0. The van der Waals surface area contributed by atoms with Crippen molar-refractivity contribution in [1.29, 1.82) is 0 Å². The van der Waals surface area contributed by atoms with Gasteiger partial charge in [0.25, 0.3) is 0 Å². The summed E-state index contributed by atoms with van der Waals surface area (Å²) in [5.74, 6) is 1.52. The Morgan fingerprint density at radius 1 is 0.953 bits per heavy atom. The number of aryl methyl sites for hydroxylation is 1. The number of azo groups is 1. The van der Waals surface area contributed by atoms with Crippen LogP contribution in [-0.2, 0) is 16.0 Å². The lowest BCUT2D eigenvalue weighted by atomic mass is 9.77. The predicted molar refractivity (Wildman–Crippen MR) is 169 cm³/mol. The molecule has 0 spiro atoms. The van der Waals surface area contributed by atoms with Crippen molar-refractivity contribution in [3.05, 3.63) is 83.7 Å². The number of aromatic amines is 1. The van der Waals surface area contributed by atoms with Crippen molar-refractivity contribution in [3.8, 4) is 11.1 Å². The molecule has 3 aromatic carbocycles. The molecule has 2 aliphatic rings. The number of H-pyrrole nitrogens is 1. The molecule has 0 radical (unpaired) electrons. The molecule has 1 aliphatic heterocycles. The van der Waals surface area contributed by atoms with Crippen LogP contribution in [-0.4, -0.2) is 40.7 Å². The van der Waals surface area contributed by atoms with E-state index in [1.165, 1.54) is 0 Å². The summed E-state index contributed by atoms with van der Waals surface area (Å²) in [7, 11) is 0. The Kier molecular flexibility index (Phi) is 8.51. The summed E-state index contributed by atoms with van der Waals surface area (Å²) in [6.45, 7) is 2.97. The van der Waals surface area contributed by atoms with Gasteiger partial charge in [0, 0.05) is 29.5 Å². The second kappa shape index (κ2) is 12.8. The summed E-state index contributed by atoms with van der Waals surface area (Å²) in [5, 5.41) is 11.0. The zero-order valence-corrected chi connectivity index (χ0v) is 24.4. The maximum atomic E-state index is 13.6. The summed E-state index contributed by atoms with van der Waals surface area (Å²) in [6.07, 6.45) is 4.36. The number of aliphatic imine (C=N–C) groups is 1. The van der Waals surface area contributed by atoms with Crippen LogP contribution in [0.2, 0.25) is 0 Å². The maximum Gasteiger partial charge on any atom is 0.228 e. The number of ketones is 1. The van der Waals surface area contributed by atoms with Gasteiger partial charge in [0.05, 0.1) is 11.0 Å². The number of benzene rings is 3. The number of Topliss-reactive ketones (excluding diaryl/α,β-unsaturated/α-hetero) is 1. The molecular weight excluding hydrogens is 538 g/mol. The van der Waals surface area contributed by atoms with E-state index >= 15 is 0 Å². The summed E-state index contributed by atoms with van der Waals surface area (Å²) in [6, 6.07) is 21.9. The van der Waals surface area contributed by atoms with Crippen LogP contribution in [0.4, 0.5) is 5.69 Å². The molecule has 1 fully saturated rings. The second-order valence-electron chi connectivity index (χ2n) is 11.7. The molecular formula is C34H37N7O2. The third-order valence-electron chi connectivity index (χ3n) is 8.68. The molecule has 0 unspecified atom stereocenters. The van der Waals surface area contributed by atoms with E-state index in [0.717, 1.165) is 64.8 Å². The smallest absolute Gasteiger partial charge is 0.228 e. The fourth-order valence-corrected chi connectivity index (χ4v) is 6.15. The molecule has 2 heterocycles. The normalized spacial score (nSPS) is 18.9. The van der Waals surface area contributed by atoms with Crippen LogP contribution < -0.4 is 11.1 Å². The summed E-state index contributed by atoms with van der Waals surface area (Å²) >= 11 is 0. The second-order valence-corrected chi connectivity index (χ2v) is 11.7. The first-order chi connectivity index (χ1) is 20.9. The van der Waals surface area contributed by atoms with E-state index < -0.39 is 5.92 Å². The molecule has 1 aromatic heterocycles. The van der Waals surface area contributed by atoms with Gasteiger partial charge in [-0.3, -0.25) is 9.59 Å². The molecule has 4 N–H and O–H groups in total. The number of imidazole rings is 1. The third kappa shape index (κ3) is 6.78. The minimum absolute atomic E-state index is 0.00199. The molecule has 1 aliphatic carbocycles. The number of aromatic nitrogens is 2. The van der Waals surface area contributed by atoms with Crippen LogP contribution in [0.15, 0.2) is 82.0 Å². The van der Waals surface area contributed by atoms with Crippen LogP contribution in [0.3, 0.4) is 0 Å². The van der Waals surface area contributed by atoms with Crippen LogP contribution in [0.5, 0.6) is 0 Å². The number of rotatable bonds is 10. The van der Waals surface area contributed by atoms with E-state index in [1.54, 1.807) is 0 Å². The maximum absolute atomic E-state index is 13.6. The van der Waals surface area contributed by atoms with Crippen molar-refractivity contribution in [2.45, 2.75) is 45.4 Å². The Hall–Kier alpha value is -4.50. The average Bonchev–Trinajstić information content (AvgIpc) is 3.70. The minimum Gasteiger partial charge on any atom is -0.342 e. The van der Waals surface area contributed by atoms with Crippen molar-refractivity contribution in [2.75, 3.05) is 18.5 Å². The Labute approximate surface area is 251 Å². The Morgan fingerprint density at radius 3 is 2.37 bits per heavy atom. The number of nitrogens with two attached hydrogens (primary N) is 1. The highest BCUT2D eigenvalue weighted by Crippen LogP contribution is 2.31. The van der Waals surface area contributed by atoms with Crippen molar-refractivity contribution >= 4 is 34.2 Å². The van der Waals surface area contributed by atoms with E-state index in [0.29, 0.717) is 37.1 Å². The number of amidine groups is 1. The molecule has 9 nitrogen and oxygen atoms in total. The molecule has 4 aromatic rings. The van der Waals surface area contributed by atoms with Gasteiger partial charge in [-0.15, -0.1) is 5.11 Å². The van der Waals surface area contributed by atoms with Crippen molar-refractivity contribution in [3.63, 3.8) is 0 Å². The number of carbonyl (C=O) groups excluding carboxylic acids is 2. The zero-order chi connectivity index (χ0) is 29.8. The standard InChI is InChI=1S/C34H37N7O2/c1-21-38-30-15-12-27(17-31(30)39-21)24-6-2-22(3-7-24)16-28(18-32(42)25-8-4-23(19-35)5-9-25)34(43)40-29-13-10-26(11-14-29)33-36-20-37-41-33/h2-3,6-7,10-15,17,23,25,28H,4-5,8-9,16,18-20,35H2,1H3,(H,38,39)(H,40,43)/t23?,25?,28-/m1/s1. The highest BCUT2D eigenvalue weighted by molar-refractivity contribution is 6.01. The number of nitrogens with one attached hydrogen (secondary N) is 2. The quantitative estimate of drug-likeness (QED) is 0.206. The Morgan fingerprint density at radius 2 is 1.67 bits per heavy atom. The molecule has 6 rings (SSSR count). The largest absolute Gasteiger partial charge is 0.342 e. The fraction of sp³-hybridized carbons (Fsp3) is 0.353. The lowest BCUT2D eigenvalue weighted by molar-refractivity contribution is -0.129. The number of hydrogen-bond acceptors (Lipinski definition) is 7. The van der Waals surface area contributed by atoms with Gasteiger partial charge in [0.15, 0.2) is 12.5 Å². The van der Waals surface area contributed by atoms with Gasteiger partial charge in [-0.05, 0) is 105 Å². The molecule has 43 heavy (non-hydrogen) atoms. The monoisotopic (exact) mass is 575 g/mol. The van der Waals surface area contributed by atoms with E-state index in [9.17, 15) is 9.59 Å². The average molecular weight is 576 g/mol. The highest BCUT2D eigenvalue weighted by Gasteiger charge is 2.30. The minimum atomic E-state index is -0.484. The number of nitrogens with zero attached hydrogens (tertiary/aromatic N) is 4. The number of fused-ring (bicyclic) bond motifs is 1. The number of anilines is 1. The molecule has 0 bridgehead atoms. The first kappa shape index (κ1) is 28.6. The molecule has 0 saturated heterocycles. The molecule has 220 valence electrons. The Bertz CT molecular complexity index is 1660. The van der Waals surface area contributed by atoms with Crippen molar-refractivity contribution in [1.82, 2.24) is 9.97 Å². The van der Waals surface area contributed by atoms with E-state index in [-0.39, 0.29) is 24.0 Å². The van der Waals surface area contributed by atoms with Gasteiger partial charge in [0.2, 0.25) is 5.91 Å². The van der Waals surface area contributed by atoms with Gasteiger partial charge in [-0.1, -0.05) is 30.3 Å². The lowest BCUT2D eigenvalue weighted by Gasteiger charge is -2.27. The third-order valence-corrected chi connectivity index (χ3v) is 8.68. The van der Waals surface area contributed by atoms with Gasteiger partial charge < -0.3 is 16.0 Å². The van der Waals surface area contributed by atoms with E-state index in [1.807, 2.05) is 37.3 Å². The van der Waals surface area contributed by atoms with Gasteiger partial charge in [-0.2, -0.15) is 5.11 Å². The molecule has 1 atom stereocenters. The number of amides is 1. The summed E-state index contributed by atoms with van der Waals surface area (Å²) in [5.41, 5.74) is 12.5. The van der Waals surface area contributed by atoms with Gasteiger partial charge >= 0.3 is 0 Å². The van der Waals surface area contributed by atoms with Crippen LogP contribution in [0, 0.1) is 24.7 Å². The zero-order valence-electron chi connectivity index (χ0n) is 24.4. The Balaban J connectivity index is 1.17. The predicted octanol–water partition coefficient (Wildman–Crippen LogP) is 6.23. The molecule has 1 saturated carbocycles. The number of carbonyl (C=O) groups is 2. The van der Waals surface area contributed by atoms with Crippen molar-refractivity contribution in [2.24, 2.45) is 38.7 Å². The number of hydrogen-bond donors (Lipinski definition) is 3. The van der Waals surface area contributed by atoms with Gasteiger partial charge in [0.1, 0.15) is 11.6 Å². The molecule has 9 heteroatoms.